The first-order valence-electron chi connectivity index (χ1n) is 8.40. The van der Waals surface area contributed by atoms with Crippen molar-refractivity contribution in [1.29, 1.82) is 0 Å². The Kier molecular flexibility index (Phi) is 4.15. The molecule has 0 unspecified atom stereocenters. The van der Waals surface area contributed by atoms with Crippen molar-refractivity contribution in [3.8, 4) is 0 Å². The highest BCUT2D eigenvalue weighted by Crippen LogP contribution is 2.23. The van der Waals surface area contributed by atoms with Gasteiger partial charge >= 0.3 is 0 Å². The van der Waals surface area contributed by atoms with Crippen LogP contribution in [0.2, 0.25) is 0 Å². The lowest BCUT2D eigenvalue weighted by molar-refractivity contribution is -0.0285. The topological polar surface area (TPSA) is 73.1 Å². The molecule has 0 spiro atoms. The molecule has 1 aromatic carbocycles. The monoisotopic (exact) mass is 337 g/mol. The molecule has 1 atom stereocenters. The normalized spacial score (nSPS) is 17.8. The van der Waals surface area contributed by atoms with Crippen molar-refractivity contribution < 1.29 is 9.53 Å². The molecule has 1 amide bonds. The van der Waals surface area contributed by atoms with Crippen molar-refractivity contribution in [2.75, 3.05) is 19.7 Å². The minimum Gasteiger partial charge on any atom is -0.366 e. The zero-order valence-corrected chi connectivity index (χ0v) is 14.0. The Bertz CT molecular complexity index is 902. The number of nitrogens with zero attached hydrogens (tertiary/aromatic N) is 5. The maximum absolute atomic E-state index is 13.0. The Labute approximate surface area is 145 Å². The average Bonchev–Trinajstić information content (AvgIpc) is 3.16. The summed E-state index contributed by atoms with van der Waals surface area (Å²) in [4.78, 5) is 19.2. The van der Waals surface area contributed by atoms with Gasteiger partial charge in [0.05, 0.1) is 13.2 Å². The molecule has 0 aliphatic carbocycles. The number of hydrogen-bond acceptors (Lipinski definition) is 5. The molecule has 0 bridgehead atoms. The van der Waals surface area contributed by atoms with Crippen molar-refractivity contribution in [2.45, 2.75) is 19.6 Å². The first kappa shape index (κ1) is 15.7. The minimum absolute atomic E-state index is 0.0762. The molecule has 7 heteroatoms. The van der Waals surface area contributed by atoms with E-state index in [0.717, 1.165) is 23.1 Å². The van der Waals surface area contributed by atoms with Gasteiger partial charge < -0.3 is 14.2 Å². The van der Waals surface area contributed by atoms with Crippen molar-refractivity contribution in [1.82, 2.24) is 24.6 Å². The second-order valence-corrected chi connectivity index (χ2v) is 5.97. The summed E-state index contributed by atoms with van der Waals surface area (Å²) in [5, 5.41) is 10.00. The third-order valence-electron chi connectivity index (χ3n) is 4.50. The van der Waals surface area contributed by atoms with Crippen molar-refractivity contribution in [3.05, 3.63) is 54.4 Å². The number of morpholine rings is 1. The van der Waals surface area contributed by atoms with Gasteiger partial charge in [0, 0.05) is 24.7 Å². The summed E-state index contributed by atoms with van der Waals surface area (Å²) in [5.74, 6) is 0.679. The largest absolute Gasteiger partial charge is 0.366 e. The molecule has 1 aliphatic rings. The summed E-state index contributed by atoms with van der Waals surface area (Å²) in [5.41, 5.74) is 0.482. The summed E-state index contributed by atoms with van der Waals surface area (Å²) in [6, 6.07) is 9.71. The first-order chi connectivity index (χ1) is 12.3. The molecule has 1 saturated heterocycles. The van der Waals surface area contributed by atoms with Crippen LogP contribution in [-0.4, -0.2) is 50.3 Å². The van der Waals surface area contributed by atoms with E-state index in [1.807, 2.05) is 41.8 Å². The third kappa shape index (κ3) is 2.87. The molecule has 25 heavy (non-hydrogen) atoms. The molecule has 3 aromatic rings. The molecule has 4 rings (SSSR count). The fourth-order valence-corrected chi connectivity index (χ4v) is 3.19. The highest BCUT2D eigenvalue weighted by molar-refractivity contribution is 6.05. The number of amides is 1. The van der Waals surface area contributed by atoms with Crippen LogP contribution in [0.25, 0.3) is 10.8 Å². The van der Waals surface area contributed by atoms with Gasteiger partial charge in [-0.15, -0.1) is 10.2 Å². The van der Waals surface area contributed by atoms with Gasteiger partial charge in [-0.25, -0.2) is 0 Å². The van der Waals surface area contributed by atoms with Gasteiger partial charge in [-0.1, -0.05) is 24.3 Å². The van der Waals surface area contributed by atoms with Gasteiger partial charge in [0.2, 0.25) is 0 Å². The van der Waals surface area contributed by atoms with E-state index in [2.05, 4.69) is 15.2 Å². The number of ether oxygens (including phenoxy) is 1. The maximum Gasteiger partial charge on any atom is 0.273 e. The Morgan fingerprint density at radius 1 is 1.32 bits per heavy atom. The van der Waals surface area contributed by atoms with Crippen molar-refractivity contribution >= 4 is 16.7 Å². The smallest absolute Gasteiger partial charge is 0.273 e. The Hall–Kier alpha value is -2.80. The van der Waals surface area contributed by atoms with Crippen molar-refractivity contribution in [3.63, 3.8) is 0 Å². The summed E-state index contributed by atoms with van der Waals surface area (Å²) in [6.07, 6.45) is 3.10. The highest BCUT2D eigenvalue weighted by atomic mass is 16.5. The molecule has 1 aliphatic heterocycles. The predicted molar refractivity (Wildman–Crippen MR) is 92.0 cm³/mol. The van der Waals surface area contributed by atoms with E-state index in [-0.39, 0.29) is 12.0 Å². The molecular weight excluding hydrogens is 318 g/mol. The van der Waals surface area contributed by atoms with Gasteiger partial charge in [0.15, 0.2) is 5.82 Å². The number of aromatic nitrogens is 4. The number of hydrogen-bond donors (Lipinski definition) is 0. The second-order valence-electron chi connectivity index (χ2n) is 5.97. The summed E-state index contributed by atoms with van der Waals surface area (Å²) < 4.78 is 7.77. The minimum atomic E-state index is -0.268. The van der Waals surface area contributed by atoms with Crippen LogP contribution in [0.1, 0.15) is 29.3 Å². The van der Waals surface area contributed by atoms with E-state index in [9.17, 15) is 4.79 Å². The molecule has 2 aromatic heterocycles. The van der Waals surface area contributed by atoms with Crippen LogP contribution >= 0.6 is 0 Å². The van der Waals surface area contributed by atoms with E-state index in [1.54, 1.807) is 17.4 Å². The van der Waals surface area contributed by atoms with Crippen LogP contribution in [0.15, 0.2) is 42.9 Å². The van der Waals surface area contributed by atoms with E-state index in [0.29, 0.717) is 25.4 Å². The number of aryl methyl sites for hydroxylation is 1. The lowest BCUT2D eigenvalue weighted by atomic mass is 10.1. The van der Waals surface area contributed by atoms with Gasteiger partial charge in [-0.3, -0.25) is 9.78 Å². The SMILES string of the molecule is CCn1cnnc1[C@@H]1CN(C(=O)c2nccc3ccccc23)CCO1. The highest BCUT2D eigenvalue weighted by Gasteiger charge is 2.30. The first-order valence-corrected chi connectivity index (χ1v) is 8.40. The Balaban J connectivity index is 1.62. The van der Waals surface area contributed by atoms with Gasteiger partial charge in [0.1, 0.15) is 18.1 Å². The summed E-state index contributed by atoms with van der Waals surface area (Å²) in [6.45, 7) is 4.25. The fraction of sp³-hybridized carbons (Fsp3) is 0.333. The summed E-state index contributed by atoms with van der Waals surface area (Å²) >= 11 is 0. The average molecular weight is 337 g/mol. The van der Waals surface area contributed by atoms with Gasteiger partial charge in [0.25, 0.3) is 5.91 Å². The maximum atomic E-state index is 13.0. The van der Waals surface area contributed by atoms with E-state index in [4.69, 9.17) is 4.74 Å². The standard InChI is InChI=1S/C18H19N5O2/c1-2-22-12-20-21-17(22)15-11-23(9-10-25-15)18(24)16-14-6-4-3-5-13(14)7-8-19-16/h3-8,12,15H,2,9-11H2,1H3/t15-/m0/s1. The number of carbonyl (C=O) groups excluding carboxylic acids is 1. The number of carbonyl (C=O) groups is 1. The zero-order chi connectivity index (χ0) is 17.2. The van der Waals surface area contributed by atoms with Crippen LogP contribution < -0.4 is 0 Å². The van der Waals surface area contributed by atoms with Gasteiger partial charge in [-0.05, 0) is 18.4 Å². The van der Waals surface area contributed by atoms with E-state index >= 15 is 0 Å². The van der Waals surface area contributed by atoms with Crippen LogP contribution in [0.5, 0.6) is 0 Å². The molecule has 3 heterocycles. The lowest BCUT2D eigenvalue weighted by Crippen LogP contribution is -2.43. The quantitative estimate of drug-likeness (QED) is 0.731. The van der Waals surface area contributed by atoms with Crippen LogP contribution in [-0.2, 0) is 11.3 Å². The Morgan fingerprint density at radius 3 is 3.08 bits per heavy atom. The summed E-state index contributed by atoms with van der Waals surface area (Å²) in [7, 11) is 0. The fourth-order valence-electron chi connectivity index (χ4n) is 3.19. The molecular formula is C18H19N5O2. The van der Waals surface area contributed by atoms with Crippen LogP contribution in [0.4, 0.5) is 0 Å². The lowest BCUT2D eigenvalue weighted by Gasteiger charge is -2.32. The number of fused-ring (bicyclic) bond motifs is 1. The van der Waals surface area contributed by atoms with E-state index in [1.165, 1.54) is 0 Å². The number of rotatable bonds is 3. The van der Waals surface area contributed by atoms with E-state index < -0.39 is 0 Å². The van der Waals surface area contributed by atoms with Crippen molar-refractivity contribution in [2.24, 2.45) is 0 Å². The third-order valence-corrected chi connectivity index (χ3v) is 4.50. The second kappa shape index (κ2) is 6.60. The molecule has 7 nitrogen and oxygen atoms in total. The van der Waals surface area contributed by atoms with Crippen LogP contribution in [0, 0.1) is 0 Å². The predicted octanol–water partition coefficient (Wildman–Crippen LogP) is 2.06. The molecule has 0 saturated carbocycles. The Morgan fingerprint density at radius 2 is 2.20 bits per heavy atom. The number of pyridine rings is 1. The zero-order valence-electron chi connectivity index (χ0n) is 14.0. The molecule has 0 N–H and O–H groups in total. The van der Waals surface area contributed by atoms with Crippen LogP contribution in [0.3, 0.4) is 0 Å². The molecule has 0 radical (unpaired) electrons. The molecule has 128 valence electrons. The number of benzene rings is 1. The van der Waals surface area contributed by atoms with Gasteiger partial charge in [-0.2, -0.15) is 0 Å². The molecule has 1 fully saturated rings.